The molecular weight excluding hydrogens is 352 g/mol. The number of nitrogens with zero attached hydrogens (tertiary/aromatic N) is 1. The highest BCUT2D eigenvalue weighted by Crippen LogP contribution is 2.41. The molecule has 1 N–H and O–H groups in total. The fourth-order valence-corrected chi connectivity index (χ4v) is 3.24. The minimum atomic E-state index is 0.429. The predicted molar refractivity (Wildman–Crippen MR) is 115 cm³/mol. The zero-order valence-electron chi connectivity index (χ0n) is 18.6. The third-order valence-corrected chi connectivity index (χ3v) is 5.39. The molecule has 0 spiro atoms. The van der Waals surface area contributed by atoms with Gasteiger partial charge < -0.3 is 14.2 Å². The van der Waals surface area contributed by atoms with Crippen LogP contribution in [-0.2, 0) is 0 Å². The van der Waals surface area contributed by atoms with Crippen molar-refractivity contribution in [1.29, 1.82) is 5.53 Å². The smallest absolute Gasteiger partial charge is 0.169 e. The van der Waals surface area contributed by atoms with Crippen LogP contribution in [-0.4, -0.2) is 20.3 Å². The summed E-state index contributed by atoms with van der Waals surface area (Å²) in [6.07, 6.45) is 9.36. The summed E-state index contributed by atoms with van der Waals surface area (Å²) in [5, 5.41) is 3.64. The molecule has 0 aliphatic heterocycles. The molecule has 2 unspecified atom stereocenters. The molecule has 0 radical (unpaired) electrons. The van der Waals surface area contributed by atoms with Gasteiger partial charge in [-0.3, -0.25) is 0 Å². The van der Waals surface area contributed by atoms with Crippen molar-refractivity contribution in [1.82, 2.24) is 0 Å². The topological polar surface area (TPSA) is 63.9 Å². The maximum Gasteiger partial charge on any atom is 0.169 e. The molecule has 1 aromatic rings. The average molecular weight is 393 g/mol. The van der Waals surface area contributed by atoms with Gasteiger partial charge in [-0.15, -0.1) is 0 Å². The lowest BCUT2D eigenvalue weighted by Crippen LogP contribution is -2.13. The van der Waals surface area contributed by atoms with Gasteiger partial charge in [0.15, 0.2) is 17.2 Å². The van der Waals surface area contributed by atoms with Crippen molar-refractivity contribution in [2.75, 3.05) is 20.3 Å². The van der Waals surface area contributed by atoms with E-state index < -0.39 is 0 Å². The van der Waals surface area contributed by atoms with E-state index in [1.54, 1.807) is 13.2 Å². The Morgan fingerprint density at radius 3 is 1.86 bits per heavy atom. The van der Waals surface area contributed by atoms with Gasteiger partial charge in [-0.05, 0) is 24.7 Å². The molecule has 2 atom stereocenters. The van der Waals surface area contributed by atoms with Crippen LogP contribution in [0.1, 0.15) is 79.1 Å². The summed E-state index contributed by atoms with van der Waals surface area (Å²) in [6, 6.07) is 3.66. The van der Waals surface area contributed by atoms with Crippen LogP contribution in [0, 0.1) is 17.4 Å². The summed E-state index contributed by atoms with van der Waals surface area (Å²) in [6.45, 7) is 10.1. The second kappa shape index (κ2) is 14.3. The van der Waals surface area contributed by atoms with Crippen LogP contribution in [0.5, 0.6) is 17.2 Å². The minimum Gasteiger partial charge on any atom is -0.494 e. The number of hydrogen-bond donors (Lipinski definition) is 1. The Labute approximate surface area is 171 Å². The standard InChI is InChI=1S/C23H40N2O3/c1-6-10-12-18(8-3)16-27-20-14-21(26-5)23(25-24)22(15-20)28-17-19(9-4)13-11-7-2/h14-15,18-19,24H,6-13,16-17H2,1-5H3. The Morgan fingerprint density at radius 2 is 1.39 bits per heavy atom. The number of benzene rings is 1. The first-order valence-corrected chi connectivity index (χ1v) is 11.0. The average Bonchev–Trinajstić information content (AvgIpc) is 2.73. The summed E-state index contributed by atoms with van der Waals surface area (Å²) in [5.74, 6) is 2.87. The quantitative estimate of drug-likeness (QED) is 0.295. The number of ether oxygens (including phenoxy) is 3. The van der Waals surface area contributed by atoms with E-state index in [9.17, 15) is 0 Å². The van der Waals surface area contributed by atoms with E-state index in [1.165, 1.54) is 32.1 Å². The van der Waals surface area contributed by atoms with E-state index in [-0.39, 0.29) is 0 Å². The second-order valence-corrected chi connectivity index (χ2v) is 7.54. The molecule has 160 valence electrons. The Hall–Kier alpha value is -1.78. The fraction of sp³-hybridized carbons (Fsp3) is 0.739. The molecule has 0 saturated heterocycles. The number of hydrogen-bond acceptors (Lipinski definition) is 5. The normalized spacial score (nSPS) is 13.0. The Bertz CT molecular complexity index is 563. The molecule has 0 fully saturated rings. The summed E-state index contributed by atoms with van der Waals surface area (Å²) in [5.41, 5.74) is 7.97. The lowest BCUT2D eigenvalue weighted by atomic mass is 10.0. The largest absolute Gasteiger partial charge is 0.494 e. The van der Waals surface area contributed by atoms with Gasteiger partial charge in [-0.1, -0.05) is 66.2 Å². The fourth-order valence-electron chi connectivity index (χ4n) is 3.24. The molecule has 0 heterocycles. The number of methoxy groups -OCH3 is 1. The Kier molecular flexibility index (Phi) is 12.3. The number of unbranched alkanes of at least 4 members (excludes halogenated alkanes) is 2. The van der Waals surface area contributed by atoms with Gasteiger partial charge in [0.05, 0.1) is 20.3 Å². The van der Waals surface area contributed by atoms with Gasteiger partial charge in [0.25, 0.3) is 0 Å². The number of nitrogens with one attached hydrogen (secondary N) is 1. The molecule has 0 aliphatic rings. The molecule has 0 aromatic heterocycles. The Balaban J connectivity index is 2.89. The van der Waals surface area contributed by atoms with E-state index in [0.717, 1.165) is 25.0 Å². The van der Waals surface area contributed by atoms with E-state index in [0.29, 0.717) is 42.2 Å². The molecule has 1 rings (SSSR count). The van der Waals surface area contributed by atoms with Crippen molar-refractivity contribution in [3.05, 3.63) is 12.1 Å². The lowest BCUT2D eigenvalue weighted by Gasteiger charge is -2.19. The first-order valence-electron chi connectivity index (χ1n) is 11.0. The van der Waals surface area contributed by atoms with Crippen LogP contribution < -0.4 is 14.2 Å². The monoisotopic (exact) mass is 392 g/mol. The van der Waals surface area contributed by atoms with Crippen molar-refractivity contribution in [3.63, 3.8) is 0 Å². The summed E-state index contributed by atoms with van der Waals surface area (Å²) >= 11 is 0. The summed E-state index contributed by atoms with van der Waals surface area (Å²) in [4.78, 5) is 0. The number of rotatable bonds is 16. The highest BCUT2D eigenvalue weighted by atomic mass is 16.5. The van der Waals surface area contributed by atoms with Crippen LogP contribution in [0.2, 0.25) is 0 Å². The highest BCUT2D eigenvalue weighted by molar-refractivity contribution is 5.64. The van der Waals surface area contributed by atoms with Gasteiger partial charge in [-0.2, -0.15) is 5.11 Å². The van der Waals surface area contributed by atoms with Crippen LogP contribution in [0.3, 0.4) is 0 Å². The minimum absolute atomic E-state index is 0.429. The summed E-state index contributed by atoms with van der Waals surface area (Å²) in [7, 11) is 1.59. The molecule has 28 heavy (non-hydrogen) atoms. The van der Waals surface area contributed by atoms with E-state index >= 15 is 0 Å². The molecule has 5 heteroatoms. The van der Waals surface area contributed by atoms with Crippen molar-refractivity contribution >= 4 is 5.69 Å². The maximum atomic E-state index is 7.54. The highest BCUT2D eigenvalue weighted by Gasteiger charge is 2.16. The van der Waals surface area contributed by atoms with E-state index in [2.05, 4.69) is 32.8 Å². The zero-order valence-corrected chi connectivity index (χ0v) is 18.6. The molecule has 0 aliphatic carbocycles. The second-order valence-electron chi connectivity index (χ2n) is 7.54. The van der Waals surface area contributed by atoms with Gasteiger partial charge in [0, 0.05) is 12.1 Å². The molecule has 0 bridgehead atoms. The van der Waals surface area contributed by atoms with Crippen molar-refractivity contribution in [2.24, 2.45) is 17.0 Å². The third kappa shape index (κ3) is 8.07. The molecule has 5 nitrogen and oxygen atoms in total. The maximum absolute atomic E-state index is 7.54. The predicted octanol–water partition coefficient (Wildman–Crippen LogP) is 7.55. The van der Waals surface area contributed by atoms with Crippen molar-refractivity contribution in [2.45, 2.75) is 79.1 Å². The van der Waals surface area contributed by atoms with Gasteiger partial charge in [-0.25, -0.2) is 5.53 Å². The molecular formula is C23H40N2O3. The third-order valence-electron chi connectivity index (χ3n) is 5.39. The van der Waals surface area contributed by atoms with Gasteiger partial charge in [0.1, 0.15) is 5.75 Å². The van der Waals surface area contributed by atoms with Crippen LogP contribution in [0.15, 0.2) is 17.2 Å². The van der Waals surface area contributed by atoms with Crippen LogP contribution >= 0.6 is 0 Å². The van der Waals surface area contributed by atoms with Crippen LogP contribution in [0.25, 0.3) is 0 Å². The van der Waals surface area contributed by atoms with E-state index in [4.69, 9.17) is 19.7 Å². The van der Waals surface area contributed by atoms with Crippen molar-refractivity contribution in [3.8, 4) is 17.2 Å². The molecule has 0 saturated carbocycles. The SMILES string of the molecule is CCCCC(CC)COc1cc(OC)c(N=N)c(OCC(CC)CCCC)c1. The van der Waals surface area contributed by atoms with Crippen LogP contribution in [0.4, 0.5) is 5.69 Å². The summed E-state index contributed by atoms with van der Waals surface area (Å²) < 4.78 is 17.6. The van der Waals surface area contributed by atoms with Gasteiger partial charge in [0.2, 0.25) is 0 Å². The first kappa shape index (κ1) is 24.3. The van der Waals surface area contributed by atoms with E-state index in [1.807, 2.05) is 6.07 Å². The zero-order chi connectivity index (χ0) is 20.8. The Morgan fingerprint density at radius 1 is 0.857 bits per heavy atom. The molecule has 1 aromatic carbocycles. The lowest BCUT2D eigenvalue weighted by molar-refractivity contribution is 0.222. The first-order chi connectivity index (χ1) is 13.6. The van der Waals surface area contributed by atoms with Gasteiger partial charge >= 0.3 is 0 Å². The van der Waals surface area contributed by atoms with Crippen molar-refractivity contribution < 1.29 is 14.2 Å². The molecule has 0 amide bonds.